The monoisotopic (exact) mass is 238 g/mol. The van der Waals surface area contributed by atoms with Crippen LogP contribution < -0.4 is 5.32 Å². The Bertz CT molecular complexity index is 380. The van der Waals surface area contributed by atoms with Crippen molar-refractivity contribution in [2.45, 2.75) is 26.3 Å². The summed E-state index contributed by atoms with van der Waals surface area (Å²) in [4.78, 5) is 15.6. The predicted octanol–water partition coefficient (Wildman–Crippen LogP) is 0.924. The minimum absolute atomic E-state index is 0.0292. The molecule has 0 saturated heterocycles. The molecular formula is C12H18N2O3. The second-order valence-corrected chi connectivity index (χ2v) is 4.27. The van der Waals surface area contributed by atoms with Gasteiger partial charge in [0.1, 0.15) is 5.75 Å². The van der Waals surface area contributed by atoms with E-state index in [0.29, 0.717) is 12.0 Å². The van der Waals surface area contributed by atoms with Crippen LogP contribution >= 0.6 is 0 Å². The molecule has 0 spiro atoms. The lowest BCUT2D eigenvalue weighted by Gasteiger charge is -2.21. The van der Waals surface area contributed by atoms with Gasteiger partial charge in [0.15, 0.2) is 0 Å². The number of carbonyl (C=O) groups is 1. The molecule has 0 aliphatic heterocycles. The smallest absolute Gasteiger partial charge is 0.253 e. The molecule has 5 nitrogen and oxygen atoms in total. The second-order valence-electron chi connectivity index (χ2n) is 4.27. The molecule has 0 radical (unpaired) electrons. The molecule has 1 aromatic rings. The first kappa shape index (κ1) is 13.4. The van der Waals surface area contributed by atoms with Gasteiger partial charge in [-0.1, -0.05) is 13.8 Å². The summed E-state index contributed by atoms with van der Waals surface area (Å²) in [6, 6.07) is 1.27. The first-order valence-corrected chi connectivity index (χ1v) is 5.60. The fourth-order valence-corrected chi connectivity index (χ4v) is 1.51. The topological polar surface area (TPSA) is 82.5 Å². The number of aliphatic hydroxyl groups excluding tert-OH is 1. The minimum atomic E-state index is -0.291. The molecule has 94 valence electrons. The van der Waals surface area contributed by atoms with E-state index < -0.39 is 0 Å². The maximum absolute atomic E-state index is 11.8. The lowest BCUT2D eigenvalue weighted by atomic mass is 10.0. The molecule has 0 aromatic carbocycles. The van der Waals surface area contributed by atoms with Gasteiger partial charge in [0, 0.05) is 18.8 Å². The number of aliphatic hydroxyl groups is 1. The molecule has 0 saturated carbocycles. The molecule has 3 N–H and O–H groups in total. The number of hydrogen-bond acceptors (Lipinski definition) is 4. The van der Waals surface area contributed by atoms with Crippen LogP contribution in [0.5, 0.6) is 5.75 Å². The van der Waals surface area contributed by atoms with Gasteiger partial charge >= 0.3 is 0 Å². The van der Waals surface area contributed by atoms with Gasteiger partial charge in [-0.25, -0.2) is 0 Å². The minimum Gasteiger partial charge on any atom is -0.506 e. The number of nitrogens with one attached hydrogen (secondary N) is 1. The van der Waals surface area contributed by atoms with Crippen LogP contribution in [0.2, 0.25) is 0 Å². The van der Waals surface area contributed by atoms with E-state index in [1.165, 1.54) is 18.5 Å². The van der Waals surface area contributed by atoms with Crippen molar-refractivity contribution < 1.29 is 15.0 Å². The Morgan fingerprint density at radius 2 is 2.18 bits per heavy atom. The Labute approximate surface area is 101 Å². The Hall–Kier alpha value is -1.62. The van der Waals surface area contributed by atoms with Gasteiger partial charge in [0.05, 0.1) is 11.8 Å². The third kappa shape index (κ3) is 4.03. The number of rotatable bonds is 5. The summed E-state index contributed by atoms with van der Waals surface area (Å²) < 4.78 is 0. The first-order chi connectivity index (χ1) is 8.04. The Balaban J connectivity index is 2.70. The highest BCUT2D eigenvalue weighted by Crippen LogP contribution is 2.11. The average molecular weight is 238 g/mol. The molecule has 1 rings (SSSR count). The third-order valence-electron chi connectivity index (χ3n) is 2.55. The van der Waals surface area contributed by atoms with Crippen molar-refractivity contribution in [2.75, 3.05) is 6.61 Å². The standard InChI is InChI=1S/C12H18N2O3/c1-8(2)11(3-4-15)14-12(17)9-5-10(16)7-13-6-9/h5-8,11,15-16H,3-4H2,1-2H3,(H,14,17). The summed E-state index contributed by atoms with van der Waals surface area (Å²) in [7, 11) is 0. The number of nitrogens with zero attached hydrogens (tertiary/aromatic N) is 1. The molecule has 5 heteroatoms. The van der Waals surface area contributed by atoms with Crippen molar-refractivity contribution in [3.63, 3.8) is 0 Å². The third-order valence-corrected chi connectivity index (χ3v) is 2.55. The molecule has 1 atom stereocenters. The molecule has 1 heterocycles. The number of amides is 1. The van der Waals surface area contributed by atoms with E-state index in [1.54, 1.807) is 0 Å². The normalized spacial score (nSPS) is 12.5. The molecule has 17 heavy (non-hydrogen) atoms. The highest BCUT2D eigenvalue weighted by atomic mass is 16.3. The number of pyridine rings is 1. The van der Waals surface area contributed by atoms with E-state index in [1.807, 2.05) is 13.8 Å². The number of carbonyl (C=O) groups excluding carboxylic acids is 1. The van der Waals surface area contributed by atoms with Gasteiger partial charge in [-0.15, -0.1) is 0 Å². The summed E-state index contributed by atoms with van der Waals surface area (Å²) in [6.07, 6.45) is 3.17. The van der Waals surface area contributed by atoms with Crippen molar-refractivity contribution in [1.82, 2.24) is 10.3 Å². The van der Waals surface area contributed by atoms with Crippen LogP contribution in [-0.4, -0.2) is 33.8 Å². The largest absolute Gasteiger partial charge is 0.506 e. The highest BCUT2D eigenvalue weighted by Gasteiger charge is 2.16. The van der Waals surface area contributed by atoms with Gasteiger partial charge in [0.2, 0.25) is 0 Å². The lowest BCUT2D eigenvalue weighted by molar-refractivity contribution is 0.0916. The first-order valence-electron chi connectivity index (χ1n) is 5.60. The van der Waals surface area contributed by atoms with E-state index in [2.05, 4.69) is 10.3 Å². The van der Waals surface area contributed by atoms with E-state index >= 15 is 0 Å². The van der Waals surface area contributed by atoms with E-state index in [0.717, 1.165) is 0 Å². The molecule has 0 bridgehead atoms. The van der Waals surface area contributed by atoms with Gasteiger partial charge < -0.3 is 15.5 Å². The molecule has 0 aliphatic carbocycles. The summed E-state index contributed by atoms with van der Waals surface area (Å²) in [6.45, 7) is 3.98. The number of aromatic hydroxyl groups is 1. The maximum atomic E-state index is 11.8. The highest BCUT2D eigenvalue weighted by molar-refractivity contribution is 5.94. The van der Waals surface area contributed by atoms with Crippen LogP contribution in [0.15, 0.2) is 18.5 Å². The Morgan fingerprint density at radius 1 is 1.47 bits per heavy atom. The predicted molar refractivity (Wildman–Crippen MR) is 63.7 cm³/mol. The summed E-state index contributed by atoms with van der Waals surface area (Å²) in [5.41, 5.74) is 0.314. The van der Waals surface area contributed by atoms with Crippen molar-refractivity contribution in [3.05, 3.63) is 24.0 Å². The van der Waals surface area contributed by atoms with Crippen molar-refractivity contribution in [1.29, 1.82) is 0 Å². The number of aromatic nitrogens is 1. The average Bonchev–Trinajstić information content (AvgIpc) is 2.28. The lowest BCUT2D eigenvalue weighted by Crippen LogP contribution is -2.39. The zero-order valence-corrected chi connectivity index (χ0v) is 10.1. The maximum Gasteiger partial charge on any atom is 0.253 e. The Morgan fingerprint density at radius 3 is 2.71 bits per heavy atom. The Kier molecular flexibility index (Phi) is 4.90. The van der Waals surface area contributed by atoms with E-state index in [4.69, 9.17) is 5.11 Å². The van der Waals surface area contributed by atoms with Crippen LogP contribution in [-0.2, 0) is 0 Å². The van der Waals surface area contributed by atoms with Crippen LogP contribution in [0.4, 0.5) is 0 Å². The summed E-state index contributed by atoms with van der Waals surface area (Å²) >= 11 is 0. The van der Waals surface area contributed by atoms with Crippen LogP contribution in [0.25, 0.3) is 0 Å². The van der Waals surface area contributed by atoms with Gasteiger partial charge in [-0.05, 0) is 18.4 Å². The molecular weight excluding hydrogens is 220 g/mol. The molecule has 0 aliphatic rings. The van der Waals surface area contributed by atoms with Crippen LogP contribution in [0, 0.1) is 5.92 Å². The quantitative estimate of drug-likeness (QED) is 0.712. The van der Waals surface area contributed by atoms with Gasteiger partial charge in [-0.3, -0.25) is 9.78 Å². The molecule has 1 aromatic heterocycles. The molecule has 0 fully saturated rings. The molecule has 1 unspecified atom stereocenters. The van der Waals surface area contributed by atoms with Gasteiger partial charge in [0.25, 0.3) is 5.91 Å². The van der Waals surface area contributed by atoms with E-state index in [9.17, 15) is 9.90 Å². The van der Waals surface area contributed by atoms with Crippen LogP contribution in [0.3, 0.4) is 0 Å². The van der Waals surface area contributed by atoms with Crippen molar-refractivity contribution >= 4 is 5.91 Å². The van der Waals surface area contributed by atoms with Crippen molar-refractivity contribution in [3.8, 4) is 5.75 Å². The zero-order chi connectivity index (χ0) is 12.8. The zero-order valence-electron chi connectivity index (χ0n) is 10.1. The second kappa shape index (κ2) is 6.20. The van der Waals surface area contributed by atoms with Crippen molar-refractivity contribution in [2.24, 2.45) is 5.92 Å². The van der Waals surface area contributed by atoms with E-state index in [-0.39, 0.29) is 30.2 Å². The summed E-state index contributed by atoms with van der Waals surface area (Å²) in [5.74, 6) is -0.0992. The van der Waals surface area contributed by atoms with Gasteiger partial charge in [-0.2, -0.15) is 0 Å². The number of hydrogen-bond donors (Lipinski definition) is 3. The summed E-state index contributed by atoms with van der Waals surface area (Å²) in [5, 5.41) is 20.9. The fraction of sp³-hybridized carbons (Fsp3) is 0.500. The fourth-order valence-electron chi connectivity index (χ4n) is 1.51. The van der Waals surface area contributed by atoms with Crippen LogP contribution in [0.1, 0.15) is 30.6 Å². The molecule has 1 amide bonds. The SMILES string of the molecule is CC(C)C(CCO)NC(=O)c1cncc(O)c1.